The smallest absolute Gasteiger partial charge is 0.0468 e. The third kappa shape index (κ3) is 3.40. The van der Waals surface area contributed by atoms with Crippen molar-refractivity contribution >= 4 is 23.2 Å². The number of halogens is 2. The highest BCUT2D eigenvalue weighted by Gasteiger charge is 2.24. The Labute approximate surface area is 120 Å². The van der Waals surface area contributed by atoms with Crippen LogP contribution in [0.3, 0.4) is 0 Å². The second-order valence-corrected chi connectivity index (χ2v) is 6.03. The van der Waals surface area contributed by atoms with Crippen molar-refractivity contribution in [2.45, 2.75) is 44.6 Å². The van der Waals surface area contributed by atoms with Gasteiger partial charge >= 0.3 is 0 Å². The Kier molecular flexibility index (Phi) is 5.35. The van der Waals surface area contributed by atoms with Crippen LogP contribution < -0.4 is 5.32 Å². The predicted octanol–water partition coefficient (Wildman–Crippen LogP) is 5.22. The van der Waals surface area contributed by atoms with Crippen molar-refractivity contribution in [3.05, 3.63) is 33.8 Å². The molecule has 1 aromatic rings. The Hall–Kier alpha value is -0.240. The van der Waals surface area contributed by atoms with Gasteiger partial charge in [0.25, 0.3) is 0 Å². The van der Waals surface area contributed by atoms with E-state index in [0.29, 0.717) is 17.0 Å². The fraction of sp³-hybridized carbons (Fsp3) is 0.600. The quantitative estimate of drug-likeness (QED) is 0.751. The molecule has 0 radical (unpaired) electrons. The maximum atomic E-state index is 6.34. The van der Waals surface area contributed by atoms with E-state index in [1.54, 1.807) is 0 Å². The third-order valence-electron chi connectivity index (χ3n) is 3.98. The molecule has 0 aromatic heterocycles. The molecule has 0 heterocycles. The Morgan fingerprint density at radius 3 is 2.33 bits per heavy atom. The second-order valence-electron chi connectivity index (χ2n) is 5.18. The average molecular weight is 286 g/mol. The van der Waals surface area contributed by atoms with E-state index in [-0.39, 0.29) is 0 Å². The number of rotatable bonds is 3. The fourth-order valence-corrected chi connectivity index (χ4v) is 3.57. The van der Waals surface area contributed by atoms with Gasteiger partial charge in [-0.25, -0.2) is 0 Å². The van der Waals surface area contributed by atoms with E-state index in [1.165, 1.54) is 44.1 Å². The molecule has 1 N–H and O–H groups in total. The van der Waals surface area contributed by atoms with Crippen LogP contribution >= 0.6 is 23.2 Å². The minimum atomic E-state index is 0.355. The highest BCUT2D eigenvalue weighted by atomic mass is 35.5. The lowest BCUT2D eigenvalue weighted by molar-refractivity contribution is 0.342. The van der Waals surface area contributed by atoms with E-state index in [9.17, 15) is 0 Å². The fourth-order valence-electron chi connectivity index (χ4n) is 3.04. The molecule has 1 aliphatic carbocycles. The van der Waals surface area contributed by atoms with Crippen LogP contribution in [0.1, 0.15) is 50.1 Å². The van der Waals surface area contributed by atoms with Crippen LogP contribution in [0.5, 0.6) is 0 Å². The molecule has 0 spiro atoms. The van der Waals surface area contributed by atoms with E-state index >= 15 is 0 Å². The zero-order valence-electron chi connectivity index (χ0n) is 10.9. The molecule has 1 aromatic carbocycles. The summed E-state index contributed by atoms with van der Waals surface area (Å²) < 4.78 is 0. The van der Waals surface area contributed by atoms with Gasteiger partial charge in [0.05, 0.1) is 0 Å². The predicted molar refractivity (Wildman–Crippen MR) is 79.5 cm³/mol. The van der Waals surface area contributed by atoms with Crippen molar-refractivity contribution in [2.75, 3.05) is 7.05 Å². The summed E-state index contributed by atoms with van der Waals surface area (Å²) in [5.41, 5.74) is 1.19. The van der Waals surface area contributed by atoms with Crippen molar-refractivity contribution in [3.63, 3.8) is 0 Å². The molecule has 1 aliphatic rings. The van der Waals surface area contributed by atoms with Crippen molar-refractivity contribution in [3.8, 4) is 0 Å². The summed E-state index contributed by atoms with van der Waals surface area (Å²) in [5, 5.41) is 4.94. The Balaban J connectivity index is 2.20. The summed E-state index contributed by atoms with van der Waals surface area (Å²) >= 11 is 12.3. The molecule has 18 heavy (non-hydrogen) atoms. The van der Waals surface area contributed by atoms with Crippen LogP contribution in [-0.4, -0.2) is 7.05 Å². The normalized spacial score (nSPS) is 19.5. The first-order chi connectivity index (χ1) is 8.72. The van der Waals surface area contributed by atoms with Crippen LogP contribution in [-0.2, 0) is 0 Å². The summed E-state index contributed by atoms with van der Waals surface area (Å²) in [6, 6.07) is 6.20. The van der Waals surface area contributed by atoms with E-state index < -0.39 is 0 Å². The molecule has 3 heteroatoms. The molecule has 2 rings (SSSR count). The molecule has 100 valence electrons. The SMILES string of the molecule is CNC(c1ccc(Cl)cc1Cl)C1CCCCCC1. The van der Waals surface area contributed by atoms with Gasteiger partial charge in [0.2, 0.25) is 0 Å². The zero-order chi connectivity index (χ0) is 13.0. The first kappa shape index (κ1) is 14.2. The first-order valence-corrected chi connectivity index (χ1v) is 7.60. The van der Waals surface area contributed by atoms with Gasteiger partial charge in [-0.2, -0.15) is 0 Å². The Morgan fingerprint density at radius 2 is 1.78 bits per heavy atom. The van der Waals surface area contributed by atoms with Crippen molar-refractivity contribution < 1.29 is 0 Å². The molecular formula is C15H21Cl2N. The summed E-state index contributed by atoms with van der Waals surface area (Å²) in [5.74, 6) is 0.691. The number of hydrogen-bond donors (Lipinski definition) is 1. The van der Waals surface area contributed by atoms with E-state index in [4.69, 9.17) is 23.2 Å². The number of nitrogens with one attached hydrogen (secondary N) is 1. The summed E-state index contributed by atoms with van der Waals surface area (Å²) in [7, 11) is 2.03. The summed E-state index contributed by atoms with van der Waals surface area (Å²) in [6.07, 6.45) is 8.03. The van der Waals surface area contributed by atoms with Gasteiger partial charge in [-0.15, -0.1) is 0 Å². The van der Waals surface area contributed by atoms with Crippen LogP contribution in [0.2, 0.25) is 10.0 Å². The Bertz CT molecular complexity index is 384. The van der Waals surface area contributed by atoms with Gasteiger partial charge in [-0.3, -0.25) is 0 Å². The van der Waals surface area contributed by atoms with Gasteiger partial charge in [0, 0.05) is 16.1 Å². The number of benzene rings is 1. The van der Waals surface area contributed by atoms with Crippen molar-refractivity contribution in [1.82, 2.24) is 5.32 Å². The first-order valence-electron chi connectivity index (χ1n) is 6.84. The third-order valence-corrected chi connectivity index (χ3v) is 4.54. The maximum absolute atomic E-state index is 6.34. The number of hydrogen-bond acceptors (Lipinski definition) is 1. The lowest BCUT2D eigenvalue weighted by Crippen LogP contribution is -2.25. The summed E-state index contributed by atoms with van der Waals surface area (Å²) in [4.78, 5) is 0. The van der Waals surface area contributed by atoms with Crippen molar-refractivity contribution in [2.24, 2.45) is 5.92 Å². The molecule has 1 unspecified atom stereocenters. The van der Waals surface area contributed by atoms with Crippen LogP contribution in [0.4, 0.5) is 0 Å². The van der Waals surface area contributed by atoms with Gasteiger partial charge in [-0.1, -0.05) is 55.0 Å². The highest BCUT2D eigenvalue weighted by molar-refractivity contribution is 6.35. The van der Waals surface area contributed by atoms with E-state index in [1.807, 2.05) is 19.2 Å². The standard InChI is InChI=1S/C15H21Cl2N/c1-18-15(11-6-4-2-3-5-7-11)13-9-8-12(16)10-14(13)17/h8-11,15,18H,2-7H2,1H3. The minimum absolute atomic E-state index is 0.355. The van der Waals surface area contributed by atoms with Gasteiger partial charge in [0.1, 0.15) is 0 Å². The van der Waals surface area contributed by atoms with Gasteiger partial charge in [0.15, 0.2) is 0 Å². The maximum Gasteiger partial charge on any atom is 0.0468 e. The monoisotopic (exact) mass is 285 g/mol. The largest absolute Gasteiger partial charge is 0.313 e. The topological polar surface area (TPSA) is 12.0 Å². The molecule has 0 amide bonds. The van der Waals surface area contributed by atoms with Crippen LogP contribution in [0.25, 0.3) is 0 Å². The lowest BCUT2D eigenvalue weighted by Gasteiger charge is -2.27. The zero-order valence-corrected chi connectivity index (χ0v) is 12.4. The lowest BCUT2D eigenvalue weighted by atomic mass is 9.87. The van der Waals surface area contributed by atoms with Crippen LogP contribution in [0.15, 0.2) is 18.2 Å². The van der Waals surface area contributed by atoms with Crippen molar-refractivity contribution in [1.29, 1.82) is 0 Å². The van der Waals surface area contributed by atoms with E-state index in [0.717, 1.165) is 5.02 Å². The molecule has 1 nitrogen and oxygen atoms in total. The molecule has 1 atom stereocenters. The molecular weight excluding hydrogens is 265 g/mol. The second kappa shape index (κ2) is 6.79. The molecule has 0 bridgehead atoms. The molecule has 0 saturated heterocycles. The molecule has 0 aliphatic heterocycles. The Morgan fingerprint density at radius 1 is 1.11 bits per heavy atom. The average Bonchev–Trinajstić information content (AvgIpc) is 2.62. The molecule has 1 fully saturated rings. The van der Waals surface area contributed by atoms with E-state index in [2.05, 4.69) is 11.4 Å². The van der Waals surface area contributed by atoms with Gasteiger partial charge in [-0.05, 0) is 43.5 Å². The highest BCUT2D eigenvalue weighted by Crippen LogP contribution is 2.36. The van der Waals surface area contributed by atoms with Gasteiger partial charge < -0.3 is 5.32 Å². The van der Waals surface area contributed by atoms with Crippen LogP contribution in [0, 0.1) is 5.92 Å². The molecule has 1 saturated carbocycles. The summed E-state index contributed by atoms with van der Waals surface area (Å²) in [6.45, 7) is 0. The minimum Gasteiger partial charge on any atom is -0.313 e.